The first-order chi connectivity index (χ1) is 13.1. The third-order valence-electron chi connectivity index (χ3n) is 7.89. The van der Waals surface area contributed by atoms with Crippen LogP contribution in [0.1, 0.15) is 46.0 Å². The Balaban J connectivity index is 1.17. The molecule has 3 saturated heterocycles. The molecule has 3 aliphatic carbocycles. The molecule has 0 radical (unpaired) electrons. The second kappa shape index (κ2) is 6.64. The van der Waals surface area contributed by atoms with Crippen LogP contribution in [-0.2, 0) is 9.53 Å². The number of carbonyl (C=O) groups is 2. The minimum atomic E-state index is -0.125. The summed E-state index contributed by atoms with van der Waals surface area (Å²) in [5.74, 6) is 2.50. The number of piperidine rings is 3. The molecule has 6 fully saturated rings. The fourth-order valence-corrected chi connectivity index (χ4v) is 6.33. The molecule has 27 heavy (non-hydrogen) atoms. The maximum atomic E-state index is 12.9. The number of hydrogen-bond donors (Lipinski definition) is 0. The number of rotatable bonds is 5. The van der Waals surface area contributed by atoms with Crippen molar-refractivity contribution < 1.29 is 14.3 Å². The molecule has 2 bridgehead atoms. The molecule has 6 atom stereocenters. The number of carbonyl (C=O) groups excluding carboxylic acids is 2. The SMILES string of the molecule is CCOC(=O)N1C[C@@H]2CC[C@H]1CC2N1C[C@@H]2[C@H](C1)[C@H]2C(=O)N(CC)C1CC1. The molecule has 6 rings (SSSR count). The second-order valence-electron chi connectivity index (χ2n) is 9.31. The van der Waals surface area contributed by atoms with Crippen LogP contribution in [0.4, 0.5) is 4.79 Å². The molecule has 1 unspecified atom stereocenters. The number of nitrogens with zero attached hydrogens (tertiary/aromatic N) is 3. The number of fused-ring (bicyclic) bond motifs is 4. The molecule has 6 aliphatic rings. The Morgan fingerprint density at radius 1 is 1.04 bits per heavy atom. The van der Waals surface area contributed by atoms with Crippen molar-refractivity contribution in [1.82, 2.24) is 14.7 Å². The first-order valence-corrected chi connectivity index (χ1v) is 11.1. The molecule has 0 N–H and O–H groups in total. The number of hydrogen-bond acceptors (Lipinski definition) is 4. The Labute approximate surface area is 162 Å². The monoisotopic (exact) mass is 375 g/mol. The second-order valence-corrected chi connectivity index (χ2v) is 9.31. The van der Waals surface area contributed by atoms with E-state index in [1.807, 2.05) is 11.8 Å². The van der Waals surface area contributed by atoms with E-state index in [9.17, 15) is 9.59 Å². The van der Waals surface area contributed by atoms with Crippen LogP contribution < -0.4 is 0 Å². The Morgan fingerprint density at radius 2 is 1.78 bits per heavy atom. The van der Waals surface area contributed by atoms with E-state index >= 15 is 0 Å². The van der Waals surface area contributed by atoms with Gasteiger partial charge in [0.2, 0.25) is 5.91 Å². The molecule has 6 nitrogen and oxygen atoms in total. The third kappa shape index (κ3) is 2.95. The van der Waals surface area contributed by atoms with Crippen LogP contribution in [0.5, 0.6) is 0 Å². The van der Waals surface area contributed by atoms with Gasteiger partial charge in [0.25, 0.3) is 0 Å². The lowest BCUT2D eigenvalue weighted by Crippen LogP contribution is -2.60. The Hall–Kier alpha value is -1.30. The lowest BCUT2D eigenvalue weighted by molar-refractivity contribution is -0.134. The van der Waals surface area contributed by atoms with Crippen LogP contribution in [-0.4, -0.2) is 77.6 Å². The maximum Gasteiger partial charge on any atom is 0.410 e. The highest BCUT2D eigenvalue weighted by Gasteiger charge is 2.62. The van der Waals surface area contributed by atoms with E-state index < -0.39 is 0 Å². The summed E-state index contributed by atoms with van der Waals surface area (Å²) in [5.41, 5.74) is 0. The van der Waals surface area contributed by atoms with Crippen molar-refractivity contribution in [3.05, 3.63) is 0 Å². The molecule has 3 aliphatic heterocycles. The Morgan fingerprint density at radius 3 is 2.33 bits per heavy atom. The predicted octanol–water partition coefficient (Wildman–Crippen LogP) is 2.18. The van der Waals surface area contributed by atoms with Gasteiger partial charge in [-0.1, -0.05) is 0 Å². The first kappa shape index (κ1) is 17.8. The molecular weight excluding hydrogens is 342 g/mol. The predicted molar refractivity (Wildman–Crippen MR) is 101 cm³/mol. The molecule has 2 amide bonds. The zero-order chi connectivity index (χ0) is 18.7. The molecule has 0 aromatic heterocycles. The lowest BCUT2D eigenvalue weighted by atomic mass is 9.75. The Bertz CT molecular complexity index is 610. The van der Waals surface area contributed by atoms with E-state index in [0.717, 1.165) is 39.0 Å². The summed E-state index contributed by atoms with van der Waals surface area (Å²) in [6.45, 7) is 8.37. The van der Waals surface area contributed by atoms with Crippen molar-refractivity contribution in [2.45, 2.75) is 64.1 Å². The third-order valence-corrected chi connectivity index (χ3v) is 7.89. The summed E-state index contributed by atoms with van der Waals surface area (Å²) in [6.07, 6.45) is 5.72. The normalized spacial score (nSPS) is 40.0. The summed E-state index contributed by atoms with van der Waals surface area (Å²) in [7, 11) is 0. The molecule has 150 valence electrons. The van der Waals surface area contributed by atoms with Gasteiger partial charge in [-0.2, -0.15) is 0 Å². The van der Waals surface area contributed by atoms with Gasteiger partial charge in [-0.05, 0) is 63.7 Å². The van der Waals surface area contributed by atoms with Crippen LogP contribution in [0, 0.1) is 23.7 Å². The van der Waals surface area contributed by atoms with E-state index in [1.165, 1.54) is 19.3 Å². The van der Waals surface area contributed by atoms with Gasteiger partial charge in [0.15, 0.2) is 0 Å². The fraction of sp³-hybridized carbons (Fsp3) is 0.905. The van der Waals surface area contributed by atoms with Gasteiger partial charge in [-0.25, -0.2) is 4.79 Å². The average molecular weight is 376 g/mol. The molecule has 0 aromatic carbocycles. The number of ether oxygens (including phenoxy) is 1. The van der Waals surface area contributed by atoms with Gasteiger partial charge in [-0.3, -0.25) is 9.69 Å². The van der Waals surface area contributed by atoms with E-state index in [4.69, 9.17) is 4.74 Å². The van der Waals surface area contributed by atoms with E-state index in [-0.39, 0.29) is 6.09 Å². The van der Waals surface area contributed by atoms with Crippen molar-refractivity contribution in [3.8, 4) is 0 Å². The van der Waals surface area contributed by atoms with Crippen molar-refractivity contribution in [3.63, 3.8) is 0 Å². The van der Waals surface area contributed by atoms with Crippen LogP contribution in [0.25, 0.3) is 0 Å². The summed E-state index contributed by atoms with van der Waals surface area (Å²) < 4.78 is 5.25. The van der Waals surface area contributed by atoms with Crippen molar-refractivity contribution >= 4 is 12.0 Å². The summed E-state index contributed by atoms with van der Waals surface area (Å²) >= 11 is 0. The highest BCUT2D eigenvalue weighted by Crippen LogP contribution is 2.55. The summed E-state index contributed by atoms with van der Waals surface area (Å²) in [4.78, 5) is 31.8. The Kier molecular flexibility index (Phi) is 4.37. The molecule has 6 heteroatoms. The number of likely N-dealkylation sites (tertiary alicyclic amines) is 1. The van der Waals surface area contributed by atoms with Gasteiger partial charge >= 0.3 is 6.09 Å². The van der Waals surface area contributed by atoms with Gasteiger partial charge in [0, 0.05) is 50.2 Å². The molecular formula is C21H33N3O3. The summed E-state index contributed by atoms with van der Waals surface area (Å²) in [6, 6.07) is 1.49. The molecule has 3 heterocycles. The maximum absolute atomic E-state index is 12.9. The minimum Gasteiger partial charge on any atom is -0.450 e. The van der Waals surface area contributed by atoms with Crippen molar-refractivity contribution in [2.75, 3.05) is 32.8 Å². The van der Waals surface area contributed by atoms with Crippen LogP contribution in [0.15, 0.2) is 0 Å². The highest BCUT2D eigenvalue weighted by molar-refractivity contribution is 5.83. The summed E-state index contributed by atoms with van der Waals surface area (Å²) in [5, 5.41) is 0. The smallest absolute Gasteiger partial charge is 0.410 e. The number of amides is 2. The highest BCUT2D eigenvalue weighted by atomic mass is 16.6. The largest absolute Gasteiger partial charge is 0.450 e. The lowest BCUT2D eigenvalue weighted by Gasteiger charge is -2.51. The zero-order valence-electron chi connectivity index (χ0n) is 16.7. The van der Waals surface area contributed by atoms with Crippen molar-refractivity contribution in [1.29, 1.82) is 0 Å². The first-order valence-electron chi connectivity index (χ1n) is 11.1. The van der Waals surface area contributed by atoms with Gasteiger partial charge in [-0.15, -0.1) is 0 Å². The minimum absolute atomic E-state index is 0.125. The van der Waals surface area contributed by atoms with Gasteiger partial charge < -0.3 is 14.5 Å². The van der Waals surface area contributed by atoms with E-state index in [2.05, 4.69) is 16.7 Å². The fourth-order valence-electron chi connectivity index (χ4n) is 6.33. The van der Waals surface area contributed by atoms with Gasteiger partial charge in [0.1, 0.15) is 0 Å². The van der Waals surface area contributed by atoms with Gasteiger partial charge in [0.05, 0.1) is 6.61 Å². The quantitative estimate of drug-likeness (QED) is 0.739. The van der Waals surface area contributed by atoms with Crippen LogP contribution in [0.2, 0.25) is 0 Å². The van der Waals surface area contributed by atoms with Crippen molar-refractivity contribution in [2.24, 2.45) is 23.7 Å². The van der Waals surface area contributed by atoms with Crippen LogP contribution in [0.3, 0.4) is 0 Å². The molecule has 0 spiro atoms. The average Bonchev–Trinajstić information content (AvgIpc) is 3.60. The topological polar surface area (TPSA) is 53.1 Å². The zero-order valence-corrected chi connectivity index (χ0v) is 16.7. The van der Waals surface area contributed by atoms with E-state index in [1.54, 1.807) is 0 Å². The van der Waals surface area contributed by atoms with E-state index in [0.29, 0.717) is 54.3 Å². The van der Waals surface area contributed by atoms with Crippen LogP contribution >= 0.6 is 0 Å². The standard InChI is InChI=1S/C21H33N3O3/c1-3-23(14-7-8-14)20(25)19-16-11-22(12-17(16)19)18-9-15-6-5-13(18)10-24(15)21(26)27-4-2/h13-19H,3-12H2,1-2H3/t13-,15-,16-,17+,18?,19+/m0/s1. The molecule has 0 aromatic rings. The molecule has 3 saturated carbocycles.